The number of esters is 1. The summed E-state index contributed by atoms with van der Waals surface area (Å²) in [6.07, 6.45) is 1.73. The fraction of sp³-hybridized carbons (Fsp3) is 0.158. The number of amides is 1. The van der Waals surface area contributed by atoms with Gasteiger partial charge in [0.1, 0.15) is 0 Å². The zero-order valence-corrected chi connectivity index (χ0v) is 15.1. The van der Waals surface area contributed by atoms with E-state index in [1.165, 1.54) is 18.9 Å². The highest BCUT2D eigenvalue weighted by molar-refractivity contribution is 9.10. The Kier molecular flexibility index (Phi) is 6.32. The summed E-state index contributed by atoms with van der Waals surface area (Å²) in [5.74, 6) is -0.623. The van der Waals surface area contributed by atoms with Crippen LogP contribution in [0.3, 0.4) is 0 Å². The van der Waals surface area contributed by atoms with Gasteiger partial charge in [0.05, 0.1) is 24.9 Å². The summed E-state index contributed by atoms with van der Waals surface area (Å²) in [7, 11) is 1.33. The number of carbonyl (C=O) groups excluding carboxylic acids is 2. The van der Waals surface area contributed by atoms with Crippen LogP contribution >= 0.6 is 15.9 Å². The minimum absolute atomic E-state index is 0.125. The predicted octanol–water partition coefficient (Wildman–Crippen LogP) is 4.06. The third-order valence-electron chi connectivity index (χ3n) is 3.44. The molecule has 2 aromatic carbocycles. The third kappa shape index (κ3) is 4.55. The quantitative estimate of drug-likeness (QED) is 0.573. The van der Waals surface area contributed by atoms with Crippen molar-refractivity contribution >= 4 is 39.6 Å². The summed E-state index contributed by atoms with van der Waals surface area (Å²) in [6, 6.07) is 16.8. The van der Waals surface area contributed by atoms with Crippen LogP contribution in [0.5, 0.6) is 0 Å². The Hall–Kier alpha value is -2.40. The van der Waals surface area contributed by atoms with Gasteiger partial charge in [0.15, 0.2) is 0 Å². The minimum Gasteiger partial charge on any atom is -0.466 e. The van der Waals surface area contributed by atoms with Crippen molar-refractivity contribution in [2.75, 3.05) is 18.6 Å². The second kappa shape index (κ2) is 8.45. The molecule has 0 aliphatic rings. The number of halogens is 1. The van der Waals surface area contributed by atoms with Crippen molar-refractivity contribution < 1.29 is 14.3 Å². The molecule has 0 fully saturated rings. The zero-order chi connectivity index (χ0) is 17.5. The smallest absolute Gasteiger partial charge is 0.335 e. The molecule has 0 aliphatic carbocycles. The van der Waals surface area contributed by atoms with E-state index < -0.39 is 5.97 Å². The number of hydrogen-bond acceptors (Lipinski definition) is 3. The first kappa shape index (κ1) is 17.9. The molecular formula is C19H18BrNO3. The van der Waals surface area contributed by atoms with E-state index in [0.29, 0.717) is 11.3 Å². The van der Waals surface area contributed by atoms with Crippen molar-refractivity contribution in [1.29, 1.82) is 0 Å². The molecule has 1 amide bonds. The summed E-state index contributed by atoms with van der Waals surface area (Å²) in [5, 5.41) is 0. The van der Waals surface area contributed by atoms with Gasteiger partial charge in [0, 0.05) is 11.4 Å². The molecule has 0 radical (unpaired) electrons. The highest BCUT2D eigenvalue weighted by Crippen LogP contribution is 2.27. The SMILES string of the molecule is COC(=O)/C(=C\c1ccccc1)CN(C(C)=O)c1ccccc1Br. The Balaban J connectivity index is 2.40. The van der Waals surface area contributed by atoms with Gasteiger partial charge in [0.25, 0.3) is 0 Å². The second-order valence-electron chi connectivity index (χ2n) is 5.13. The van der Waals surface area contributed by atoms with E-state index in [-0.39, 0.29) is 12.5 Å². The summed E-state index contributed by atoms with van der Waals surface area (Å²) in [4.78, 5) is 25.8. The highest BCUT2D eigenvalue weighted by atomic mass is 79.9. The number of para-hydroxylation sites is 1. The standard InChI is InChI=1S/C19H18BrNO3/c1-14(22)21(18-11-7-6-10-17(18)20)13-16(19(23)24-2)12-15-8-4-3-5-9-15/h3-12H,13H2,1-2H3/b16-12-. The average molecular weight is 388 g/mol. The number of nitrogens with zero attached hydrogens (tertiary/aromatic N) is 1. The second-order valence-corrected chi connectivity index (χ2v) is 5.98. The van der Waals surface area contributed by atoms with Crippen LogP contribution in [-0.2, 0) is 14.3 Å². The maximum atomic E-state index is 12.2. The molecule has 0 aromatic heterocycles. The Bertz CT molecular complexity index is 756. The fourth-order valence-corrected chi connectivity index (χ4v) is 2.76. The first-order valence-electron chi connectivity index (χ1n) is 7.39. The summed E-state index contributed by atoms with van der Waals surface area (Å²) < 4.78 is 5.66. The summed E-state index contributed by atoms with van der Waals surface area (Å²) in [6.45, 7) is 1.59. The maximum absolute atomic E-state index is 12.2. The van der Waals surface area contributed by atoms with Gasteiger partial charge in [-0.25, -0.2) is 4.79 Å². The topological polar surface area (TPSA) is 46.6 Å². The van der Waals surface area contributed by atoms with Crippen LogP contribution in [0.4, 0.5) is 5.69 Å². The molecule has 5 heteroatoms. The average Bonchev–Trinajstić information content (AvgIpc) is 2.59. The van der Waals surface area contributed by atoms with E-state index in [1.54, 1.807) is 6.08 Å². The van der Waals surface area contributed by atoms with Gasteiger partial charge < -0.3 is 9.64 Å². The van der Waals surface area contributed by atoms with Gasteiger partial charge in [-0.05, 0) is 39.7 Å². The van der Waals surface area contributed by atoms with Gasteiger partial charge in [-0.3, -0.25) is 4.79 Å². The molecule has 0 saturated heterocycles. The van der Waals surface area contributed by atoms with Crippen LogP contribution in [0.25, 0.3) is 6.08 Å². The van der Waals surface area contributed by atoms with Crippen LogP contribution in [0.2, 0.25) is 0 Å². The van der Waals surface area contributed by atoms with Crippen molar-refractivity contribution in [2.24, 2.45) is 0 Å². The molecule has 0 bridgehead atoms. The molecule has 4 nitrogen and oxygen atoms in total. The van der Waals surface area contributed by atoms with E-state index in [2.05, 4.69) is 15.9 Å². The molecule has 124 valence electrons. The Morgan fingerprint density at radius 3 is 2.29 bits per heavy atom. The third-order valence-corrected chi connectivity index (χ3v) is 4.11. The number of ether oxygens (including phenoxy) is 1. The summed E-state index contributed by atoms with van der Waals surface area (Å²) >= 11 is 3.45. The minimum atomic E-state index is -0.461. The molecule has 2 rings (SSSR count). The van der Waals surface area contributed by atoms with E-state index in [1.807, 2.05) is 54.6 Å². The molecule has 0 saturated carbocycles. The first-order chi connectivity index (χ1) is 11.5. The highest BCUT2D eigenvalue weighted by Gasteiger charge is 2.20. The van der Waals surface area contributed by atoms with Gasteiger partial charge in [0.2, 0.25) is 5.91 Å². The predicted molar refractivity (Wildman–Crippen MR) is 98.6 cm³/mol. The molecule has 24 heavy (non-hydrogen) atoms. The Labute approximate surface area is 149 Å². The van der Waals surface area contributed by atoms with Gasteiger partial charge >= 0.3 is 5.97 Å². The zero-order valence-electron chi connectivity index (χ0n) is 13.5. The largest absolute Gasteiger partial charge is 0.466 e. The van der Waals surface area contributed by atoms with E-state index in [0.717, 1.165) is 10.0 Å². The lowest BCUT2D eigenvalue weighted by Crippen LogP contribution is -2.32. The molecule has 0 unspecified atom stereocenters. The number of hydrogen-bond donors (Lipinski definition) is 0. The number of methoxy groups -OCH3 is 1. The molecule has 0 N–H and O–H groups in total. The Morgan fingerprint density at radius 1 is 1.08 bits per heavy atom. The molecular weight excluding hydrogens is 370 g/mol. The van der Waals surface area contributed by atoms with Crippen LogP contribution in [0, 0.1) is 0 Å². The number of anilines is 1. The number of carbonyl (C=O) groups is 2. The molecule has 0 heterocycles. The van der Waals surface area contributed by atoms with E-state index >= 15 is 0 Å². The van der Waals surface area contributed by atoms with Gasteiger partial charge in [-0.2, -0.15) is 0 Å². The monoisotopic (exact) mass is 387 g/mol. The Morgan fingerprint density at radius 2 is 1.71 bits per heavy atom. The first-order valence-corrected chi connectivity index (χ1v) is 8.18. The summed E-state index contributed by atoms with van der Waals surface area (Å²) in [5.41, 5.74) is 1.97. The van der Waals surface area contributed by atoms with Gasteiger partial charge in [-0.15, -0.1) is 0 Å². The van der Waals surface area contributed by atoms with Crippen molar-refractivity contribution in [2.45, 2.75) is 6.92 Å². The van der Waals surface area contributed by atoms with Crippen molar-refractivity contribution in [3.05, 3.63) is 70.2 Å². The molecule has 0 spiro atoms. The molecule has 0 aliphatic heterocycles. The van der Waals surface area contributed by atoms with Crippen molar-refractivity contribution in [3.8, 4) is 0 Å². The van der Waals surface area contributed by atoms with E-state index in [9.17, 15) is 9.59 Å². The molecule has 0 atom stereocenters. The fourth-order valence-electron chi connectivity index (χ4n) is 2.26. The van der Waals surface area contributed by atoms with Gasteiger partial charge in [-0.1, -0.05) is 42.5 Å². The maximum Gasteiger partial charge on any atom is 0.335 e. The van der Waals surface area contributed by atoms with Crippen molar-refractivity contribution in [3.63, 3.8) is 0 Å². The van der Waals surface area contributed by atoms with Crippen LogP contribution in [0.15, 0.2) is 64.6 Å². The van der Waals surface area contributed by atoms with Crippen LogP contribution in [-0.4, -0.2) is 25.5 Å². The van der Waals surface area contributed by atoms with Crippen LogP contribution < -0.4 is 4.90 Å². The number of benzene rings is 2. The lowest BCUT2D eigenvalue weighted by molar-refractivity contribution is -0.136. The normalized spacial score (nSPS) is 11.0. The van der Waals surface area contributed by atoms with E-state index in [4.69, 9.17) is 4.74 Å². The number of rotatable bonds is 5. The lowest BCUT2D eigenvalue weighted by Gasteiger charge is -2.23. The van der Waals surface area contributed by atoms with Crippen LogP contribution in [0.1, 0.15) is 12.5 Å². The lowest BCUT2D eigenvalue weighted by atomic mass is 10.1. The van der Waals surface area contributed by atoms with Crippen molar-refractivity contribution in [1.82, 2.24) is 0 Å². The molecule has 2 aromatic rings.